The number of anilines is 1. The van der Waals surface area contributed by atoms with E-state index in [1.807, 2.05) is 0 Å². The number of ether oxygens (including phenoxy) is 1. The zero-order valence-corrected chi connectivity index (χ0v) is 12.1. The smallest absolute Gasteiger partial charge is 0.322 e. The lowest BCUT2D eigenvalue weighted by Gasteiger charge is -2.13. The molecule has 19 heavy (non-hydrogen) atoms. The number of nitrogens with two attached hydrogens (primary N) is 1. The molecule has 3 N–H and O–H groups in total. The van der Waals surface area contributed by atoms with E-state index in [-0.39, 0.29) is 10.7 Å². The van der Waals surface area contributed by atoms with E-state index in [4.69, 9.17) is 18.0 Å². The summed E-state index contributed by atoms with van der Waals surface area (Å²) in [5.41, 5.74) is 6.99. The average Bonchev–Trinajstić information content (AvgIpc) is 2.26. The Morgan fingerprint density at radius 3 is 2.63 bits per heavy atom. The third-order valence-corrected chi connectivity index (χ3v) is 3.67. The second kappa shape index (κ2) is 5.98. The molecule has 1 aromatic rings. The van der Waals surface area contributed by atoms with Gasteiger partial charge < -0.3 is 10.5 Å². The molecule has 0 bridgehead atoms. The lowest BCUT2D eigenvalue weighted by Crippen LogP contribution is -2.25. The van der Waals surface area contributed by atoms with Gasteiger partial charge >= 0.3 is 5.97 Å². The molecule has 0 amide bonds. The van der Waals surface area contributed by atoms with Gasteiger partial charge in [-0.1, -0.05) is 24.4 Å². The number of rotatable bonds is 5. The molecule has 104 valence electrons. The molecule has 0 unspecified atom stereocenters. The number of esters is 1. The molecule has 0 fully saturated rings. The monoisotopic (exact) mass is 302 g/mol. The van der Waals surface area contributed by atoms with E-state index < -0.39 is 21.7 Å². The van der Waals surface area contributed by atoms with Crippen LogP contribution in [0, 0.1) is 6.92 Å². The topological polar surface area (TPSA) is 98.5 Å². The summed E-state index contributed by atoms with van der Waals surface area (Å²) in [6.45, 7) is 1.76. The van der Waals surface area contributed by atoms with Gasteiger partial charge in [0.05, 0.1) is 12.8 Å². The second-order valence-electron chi connectivity index (χ2n) is 3.80. The molecule has 0 atom stereocenters. The van der Waals surface area contributed by atoms with Crippen molar-refractivity contribution >= 4 is 38.9 Å². The van der Waals surface area contributed by atoms with E-state index in [1.165, 1.54) is 6.07 Å². The summed E-state index contributed by atoms with van der Waals surface area (Å²) < 4.78 is 30.1. The van der Waals surface area contributed by atoms with Gasteiger partial charge in [0.25, 0.3) is 0 Å². The standard InChI is InChI=1S/C11H14N2O4S2/c1-7-4-3-5-8(10(7)11(12)18)13-19(15,16)6-9(14)17-2/h3-5,13H,6H2,1-2H3,(H2,12,18). The van der Waals surface area contributed by atoms with Crippen molar-refractivity contribution in [1.82, 2.24) is 0 Å². The van der Waals surface area contributed by atoms with Gasteiger partial charge in [-0.3, -0.25) is 9.52 Å². The summed E-state index contributed by atoms with van der Waals surface area (Å²) in [5.74, 6) is -1.62. The first kappa shape index (κ1) is 15.4. The number of hydrogen-bond acceptors (Lipinski definition) is 5. The zero-order chi connectivity index (χ0) is 14.6. The van der Waals surface area contributed by atoms with Crippen molar-refractivity contribution in [1.29, 1.82) is 0 Å². The van der Waals surface area contributed by atoms with Crippen LogP contribution in [0.15, 0.2) is 18.2 Å². The third kappa shape index (κ3) is 4.18. The molecule has 1 aromatic carbocycles. The van der Waals surface area contributed by atoms with Crippen molar-refractivity contribution in [3.05, 3.63) is 29.3 Å². The molecule has 0 aliphatic heterocycles. The average molecular weight is 302 g/mol. The van der Waals surface area contributed by atoms with Crippen LogP contribution < -0.4 is 10.5 Å². The van der Waals surface area contributed by atoms with Crippen LogP contribution in [-0.2, 0) is 19.6 Å². The van der Waals surface area contributed by atoms with Gasteiger partial charge in [0, 0.05) is 5.56 Å². The maximum absolute atomic E-state index is 11.8. The SMILES string of the molecule is COC(=O)CS(=O)(=O)Nc1cccc(C)c1C(N)=S. The fourth-order valence-electron chi connectivity index (χ4n) is 1.50. The summed E-state index contributed by atoms with van der Waals surface area (Å²) in [6, 6.07) is 4.94. The Balaban J connectivity index is 3.10. The van der Waals surface area contributed by atoms with Crippen LogP contribution in [0.25, 0.3) is 0 Å². The Kier molecular flexibility index (Phi) is 4.84. The van der Waals surface area contributed by atoms with Crippen LogP contribution in [0.5, 0.6) is 0 Å². The number of hydrogen-bond donors (Lipinski definition) is 2. The molecule has 0 aliphatic carbocycles. The molecule has 0 saturated heterocycles. The van der Waals surface area contributed by atoms with Crippen molar-refractivity contribution in [2.75, 3.05) is 17.6 Å². The van der Waals surface area contributed by atoms with Crippen molar-refractivity contribution in [2.45, 2.75) is 6.92 Å². The predicted molar refractivity (Wildman–Crippen MR) is 76.5 cm³/mol. The Labute approximate surface area is 117 Å². The van der Waals surface area contributed by atoms with Gasteiger partial charge in [0.1, 0.15) is 4.99 Å². The van der Waals surface area contributed by atoms with E-state index in [1.54, 1.807) is 19.1 Å². The minimum absolute atomic E-state index is 0.0777. The Hall–Kier alpha value is -1.67. The molecule has 0 saturated carbocycles. The van der Waals surface area contributed by atoms with Crippen molar-refractivity contribution in [2.24, 2.45) is 5.73 Å². The van der Waals surface area contributed by atoms with E-state index >= 15 is 0 Å². The third-order valence-electron chi connectivity index (χ3n) is 2.32. The van der Waals surface area contributed by atoms with Crippen LogP contribution in [0.1, 0.15) is 11.1 Å². The number of carbonyl (C=O) groups is 1. The van der Waals surface area contributed by atoms with Crippen LogP contribution >= 0.6 is 12.2 Å². The minimum Gasteiger partial charge on any atom is -0.468 e. The highest BCUT2D eigenvalue weighted by Crippen LogP contribution is 2.20. The highest BCUT2D eigenvalue weighted by atomic mass is 32.2. The predicted octanol–water partition coefficient (Wildman–Crippen LogP) is 0.544. The van der Waals surface area contributed by atoms with Crippen LogP contribution in [0.4, 0.5) is 5.69 Å². The van der Waals surface area contributed by atoms with Gasteiger partial charge in [-0.2, -0.15) is 0 Å². The summed E-state index contributed by atoms with van der Waals surface area (Å²) in [6.07, 6.45) is 0. The number of thiocarbonyl (C=S) groups is 1. The van der Waals surface area contributed by atoms with Crippen LogP contribution in [-0.4, -0.2) is 32.2 Å². The lowest BCUT2D eigenvalue weighted by atomic mass is 10.1. The Morgan fingerprint density at radius 1 is 1.47 bits per heavy atom. The van der Waals surface area contributed by atoms with Gasteiger partial charge in [-0.25, -0.2) is 8.42 Å². The fraction of sp³-hybridized carbons (Fsp3) is 0.273. The van der Waals surface area contributed by atoms with E-state index in [9.17, 15) is 13.2 Å². The summed E-state index contributed by atoms with van der Waals surface area (Å²) in [4.78, 5) is 11.1. The van der Waals surface area contributed by atoms with Crippen molar-refractivity contribution < 1.29 is 17.9 Å². The zero-order valence-electron chi connectivity index (χ0n) is 10.5. The van der Waals surface area contributed by atoms with Gasteiger partial charge in [-0.15, -0.1) is 0 Å². The molecular formula is C11H14N2O4S2. The van der Waals surface area contributed by atoms with Crippen LogP contribution in [0.2, 0.25) is 0 Å². The molecule has 0 heterocycles. The minimum atomic E-state index is -3.86. The highest BCUT2D eigenvalue weighted by Gasteiger charge is 2.19. The first-order chi connectivity index (χ1) is 8.76. The van der Waals surface area contributed by atoms with Gasteiger partial charge in [0.15, 0.2) is 5.75 Å². The second-order valence-corrected chi connectivity index (χ2v) is 5.96. The highest BCUT2D eigenvalue weighted by molar-refractivity contribution is 7.93. The number of nitrogens with one attached hydrogen (secondary N) is 1. The molecule has 0 aliphatic rings. The Bertz CT molecular complexity index is 611. The molecule has 1 rings (SSSR count). The first-order valence-electron chi connectivity index (χ1n) is 5.23. The summed E-state index contributed by atoms with van der Waals surface area (Å²) >= 11 is 4.89. The normalized spacial score (nSPS) is 10.8. The molecule has 8 heteroatoms. The first-order valence-corrected chi connectivity index (χ1v) is 7.29. The largest absolute Gasteiger partial charge is 0.468 e. The molecular weight excluding hydrogens is 288 g/mol. The quantitative estimate of drug-likeness (QED) is 0.608. The van der Waals surface area contributed by atoms with Gasteiger partial charge in [-0.05, 0) is 18.6 Å². The van der Waals surface area contributed by atoms with Crippen LogP contribution in [0.3, 0.4) is 0 Å². The van der Waals surface area contributed by atoms with E-state index in [0.29, 0.717) is 5.56 Å². The molecule has 0 spiro atoms. The Morgan fingerprint density at radius 2 is 2.11 bits per heavy atom. The molecule has 0 aromatic heterocycles. The lowest BCUT2D eigenvalue weighted by molar-refractivity contribution is -0.137. The number of carbonyl (C=O) groups excluding carboxylic acids is 1. The maximum Gasteiger partial charge on any atom is 0.322 e. The molecule has 0 radical (unpaired) electrons. The van der Waals surface area contributed by atoms with Gasteiger partial charge in [0.2, 0.25) is 10.0 Å². The fourth-order valence-corrected chi connectivity index (χ4v) is 2.77. The maximum atomic E-state index is 11.8. The molecule has 6 nitrogen and oxygen atoms in total. The van der Waals surface area contributed by atoms with E-state index in [0.717, 1.165) is 12.7 Å². The number of aryl methyl sites for hydroxylation is 1. The van der Waals surface area contributed by atoms with Crippen molar-refractivity contribution in [3.8, 4) is 0 Å². The number of sulfonamides is 1. The summed E-state index contributed by atoms with van der Waals surface area (Å²) in [7, 11) is -2.74. The number of methoxy groups -OCH3 is 1. The van der Waals surface area contributed by atoms with Crippen molar-refractivity contribution in [3.63, 3.8) is 0 Å². The number of benzene rings is 1. The van der Waals surface area contributed by atoms with E-state index in [2.05, 4.69) is 9.46 Å². The summed E-state index contributed by atoms with van der Waals surface area (Å²) in [5, 5.41) is 0.